The SMILES string of the molecule is CCCCC(C)=C(C)C(=O)N=O. The van der Waals surface area contributed by atoms with Crippen LogP contribution in [0.2, 0.25) is 0 Å². The van der Waals surface area contributed by atoms with E-state index >= 15 is 0 Å². The maximum atomic E-state index is 10.8. The van der Waals surface area contributed by atoms with Crippen LogP contribution < -0.4 is 0 Å². The molecule has 0 aliphatic carbocycles. The predicted octanol–water partition coefficient (Wildman–Crippen LogP) is 2.81. The summed E-state index contributed by atoms with van der Waals surface area (Å²) in [5.74, 6) is -0.636. The van der Waals surface area contributed by atoms with Crippen molar-refractivity contribution in [3.05, 3.63) is 16.1 Å². The number of carbonyl (C=O) groups excluding carboxylic acids is 1. The average molecular weight is 169 g/mol. The molecule has 0 unspecified atom stereocenters. The van der Waals surface area contributed by atoms with Crippen LogP contribution in [0.1, 0.15) is 40.0 Å². The van der Waals surface area contributed by atoms with Crippen LogP contribution in [0.4, 0.5) is 0 Å². The Morgan fingerprint density at radius 1 is 1.33 bits per heavy atom. The smallest absolute Gasteiger partial charge is 0.264 e. The molecule has 0 saturated carbocycles. The number of rotatable bonds is 4. The first-order chi connectivity index (χ1) is 5.63. The summed E-state index contributed by atoms with van der Waals surface area (Å²) in [6, 6.07) is 0. The van der Waals surface area contributed by atoms with E-state index in [0.717, 1.165) is 24.8 Å². The Morgan fingerprint density at radius 2 is 1.92 bits per heavy atom. The molecule has 0 radical (unpaired) electrons. The number of carbonyl (C=O) groups is 1. The highest BCUT2D eigenvalue weighted by atomic mass is 16.3. The zero-order chi connectivity index (χ0) is 9.56. The van der Waals surface area contributed by atoms with Crippen molar-refractivity contribution in [3.8, 4) is 0 Å². The van der Waals surface area contributed by atoms with Gasteiger partial charge in [0.05, 0.1) is 0 Å². The molecule has 0 saturated heterocycles. The summed E-state index contributed by atoms with van der Waals surface area (Å²) >= 11 is 0. The van der Waals surface area contributed by atoms with Gasteiger partial charge in [-0.2, -0.15) is 0 Å². The van der Waals surface area contributed by atoms with Gasteiger partial charge in [0.1, 0.15) is 0 Å². The lowest BCUT2D eigenvalue weighted by molar-refractivity contribution is -0.114. The van der Waals surface area contributed by atoms with Crippen molar-refractivity contribution in [2.45, 2.75) is 40.0 Å². The molecule has 0 aliphatic rings. The molecule has 0 atom stereocenters. The van der Waals surface area contributed by atoms with Crippen molar-refractivity contribution in [3.63, 3.8) is 0 Å². The molecule has 0 aliphatic heterocycles. The lowest BCUT2D eigenvalue weighted by Gasteiger charge is -2.01. The van der Waals surface area contributed by atoms with Gasteiger partial charge in [0.2, 0.25) is 0 Å². The molecule has 0 aromatic rings. The Kier molecular flexibility index (Phi) is 5.17. The van der Waals surface area contributed by atoms with E-state index in [1.54, 1.807) is 6.92 Å². The van der Waals surface area contributed by atoms with Gasteiger partial charge in [-0.3, -0.25) is 4.79 Å². The van der Waals surface area contributed by atoms with Crippen molar-refractivity contribution in [1.29, 1.82) is 0 Å². The Labute approximate surface area is 72.8 Å². The molecule has 0 heterocycles. The Morgan fingerprint density at radius 3 is 2.33 bits per heavy atom. The topological polar surface area (TPSA) is 46.5 Å². The van der Waals surface area contributed by atoms with Crippen LogP contribution in [0, 0.1) is 4.91 Å². The highest BCUT2D eigenvalue weighted by Gasteiger charge is 2.06. The quantitative estimate of drug-likeness (QED) is 0.480. The molecule has 0 aromatic heterocycles. The summed E-state index contributed by atoms with van der Waals surface area (Å²) in [6.07, 6.45) is 3.02. The minimum Gasteiger partial charge on any atom is -0.264 e. The standard InChI is InChI=1S/C9H15NO2/c1-4-5-6-7(2)8(3)9(11)10-12/h4-6H2,1-3H3. The van der Waals surface area contributed by atoms with Crippen LogP contribution in [0.25, 0.3) is 0 Å². The highest BCUT2D eigenvalue weighted by molar-refractivity contribution is 5.94. The molecule has 0 N–H and O–H groups in total. The fourth-order valence-electron chi connectivity index (χ4n) is 0.880. The number of nitroso groups, excluding NO2 is 1. The molecular formula is C9H15NO2. The average Bonchev–Trinajstić information content (AvgIpc) is 2.11. The first-order valence-electron chi connectivity index (χ1n) is 4.17. The van der Waals surface area contributed by atoms with Gasteiger partial charge in [-0.1, -0.05) is 18.9 Å². The summed E-state index contributed by atoms with van der Waals surface area (Å²) in [5.41, 5.74) is 1.47. The van der Waals surface area contributed by atoms with Crippen molar-refractivity contribution < 1.29 is 4.79 Å². The van der Waals surface area contributed by atoms with Crippen LogP contribution >= 0.6 is 0 Å². The molecule has 0 fully saturated rings. The maximum absolute atomic E-state index is 10.8. The predicted molar refractivity (Wildman–Crippen MR) is 48.7 cm³/mol. The molecule has 0 aromatic carbocycles. The van der Waals surface area contributed by atoms with Crippen molar-refractivity contribution in [1.82, 2.24) is 0 Å². The third-order valence-electron chi connectivity index (χ3n) is 1.95. The van der Waals surface area contributed by atoms with Gasteiger partial charge in [-0.25, -0.2) is 0 Å². The number of hydrogen-bond acceptors (Lipinski definition) is 2. The Bertz CT molecular complexity index is 207. The van der Waals surface area contributed by atoms with Crippen LogP contribution in [-0.4, -0.2) is 5.91 Å². The van der Waals surface area contributed by atoms with Gasteiger partial charge in [-0.15, -0.1) is 4.91 Å². The maximum Gasteiger partial charge on any atom is 0.312 e. The third-order valence-corrected chi connectivity index (χ3v) is 1.95. The second kappa shape index (κ2) is 5.63. The van der Waals surface area contributed by atoms with E-state index in [1.165, 1.54) is 0 Å². The second-order valence-corrected chi connectivity index (χ2v) is 2.91. The third kappa shape index (κ3) is 3.42. The summed E-state index contributed by atoms with van der Waals surface area (Å²) in [7, 11) is 0. The van der Waals surface area contributed by atoms with E-state index in [0.29, 0.717) is 5.57 Å². The Hall–Kier alpha value is -0.990. The largest absolute Gasteiger partial charge is 0.312 e. The van der Waals surface area contributed by atoms with Crippen molar-refractivity contribution >= 4 is 5.91 Å². The van der Waals surface area contributed by atoms with Crippen molar-refractivity contribution in [2.75, 3.05) is 0 Å². The molecule has 12 heavy (non-hydrogen) atoms. The van der Waals surface area contributed by atoms with E-state index in [4.69, 9.17) is 0 Å². The number of allylic oxidation sites excluding steroid dienone is 1. The zero-order valence-electron chi connectivity index (χ0n) is 7.89. The monoisotopic (exact) mass is 169 g/mol. The normalized spacial score (nSPS) is 12.2. The van der Waals surface area contributed by atoms with Gasteiger partial charge in [0, 0.05) is 10.7 Å². The van der Waals surface area contributed by atoms with Gasteiger partial charge >= 0.3 is 5.91 Å². The number of amides is 1. The summed E-state index contributed by atoms with van der Waals surface area (Å²) in [5, 5.41) is 2.37. The van der Waals surface area contributed by atoms with Crippen LogP contribution in [0.3, 0.4) is 0 Å². The molecular weight excluding hydrogens is 154 g/mol. The molecule has 0 bridgehead atoms. The molecule has 0 spiro atoms. The van der Waals surface area contributed by atoms with E-state index < -0.39 is 5.91 Å². The molecule has 3 nitrogen and oxygen atoms in total. The lowest BCUT2D eigenvalue weighted by Crippen LogP contribution is -1.97. The number of unbranched alkanes of at least 4 members (excludes halogenated alkanes) is 1. The van der Waals surface area contributed by atoms with E-state index in [-0.39, 0.29) is 0 Å². The second-order valence-electron chi connectivity index (χ2n) is 2.91. The van der Waals surface area contributed by atoms with E-state index in [9.17, 15) is 9.70 Å². The first-order valence-corrected chi connectivity index (χ1v) is 4.17. The Balaban J connectivity index is 4.24. The van der Waals surface area contributed by atoms with Crippen LogP contribution in [0.15, 0.2) is 16.3 Å². The minimum absolute atomic E-state index is 0.499. The molecule has 68 valence electrons. The van der Waals surface area contributed by atoms with Crippen LogP contribution in [0.5, 0.6) is 0 Å². The molecule has 3 heteroatoms. The van der Waals surface area contributed by atoms with E-state index in [1.807, 2.05) is 6.92 Å². The van der Waals surface area contributed by atoms with Crippen molar-refractivity contribution in [2.24, 2.45) is 5.18 Å². The van der Waals surface area contributed by atoms with Gasteiger partial charge in [0.15, 0.2) is 0 Å². The summed E-state index contributed by atoms with van der Waals surface area (Å²) < 4.78 is 0. The van der Waals surface area contributed by atoms with Crippen LogP contribution in [-0.2, 0) is 4.79 Å². The minimum atomic E-state index is -0.636. The summed E-state index contributed by atoms with van der Waals surface area (Å²) in [4.78, 5) is 20.7. The van der Waals surface area contributed by atoms with E-state index in [2.05, 4.69) is 12.1 Å². The van der Waals surface area contributed by atoms with Gasteiger partial charge in [-0.05, 0) is 26.7 Å². The fourth-order valence-corrected chi connectivity index (χ4v) is 0.880. The highest BCUT2D eigenvalue weighted by Crippen LogP contribution is 2.12. The lowest BCUT2D eigenvalue weighted by atomic mass is 10.1. The fraction of sp³-hybridized carbons (Fsp3) is 0.667. The summed E-state index contributed by atoms with van der Waals surface area (Å²) in [6.45, 7) is 5.60. The molecule has 0 rings (SSSR count). The van der Waals surface area contributed by atoms with Gasteiger partial charge in [0.25, 0.3) is 0 Å². The zero-order valence-corrected chi connectivity index (χ0v) is 7.89. The first kappa shape index (κ1) is 11.0. The molecule has 1 amide bonds. The van der Waals surface area contributed by atoms with Gasteiger partial charge < -0.3 is 0 Å². The number of hydrogen-bond donors (Lipinski definition) is 0. The number of nitrogens with zero attached hydrogens (tertiary/aromatic N) is 1.